The van der Waals surface area contributed by atoms with E-state index >= 15 is 0 Å². The van der Waals surface area contributed by atoms with Crippen molar-refractivity contribution < 1.29 is 4.79 Å². The van der Waals surface area contributed by atoms with Crippen LogP contribution in [0.3, 0.4) is 0 Å². The van der Waals surface area contributed by atoms with Gasteiger partial charge in [-0.3, -0.25) is 0 Å². The Balaban J connectivity index is 2.61. The first kappa shape index (κ1) is 14.2. The number of carbonyl (C=O) groups is 1. The molecule has 1 nitrogen and oxygen atoms in total. The number of allylic oxidation sites excluding steroid dienone is 2. The fourth-order valence-corrected chi connectivity index (χ4v) is 3.81. The van der Waals surface area contributed by atoms with Crippen molar-refractivity contribution in [1.29, 1.82) is 0 Å². The van der Waals surface area contributed by atoms with E-state index < -0.39 is 0 Å². The molecule has 0 unspecified atom stereocenters. The molecule has 17 heavy (non-hydrogen) atoms. The molecule has 0 atom stereocenters. The first-order chi connectivity index (χ1) is 8.22. The standard InChI is InChI=1S/C15H20OSe/c1-3-4-6-11-15(12-13(2)16)17-14-9-7-5-8-10-14/h5,7-10,12H,3-4,6,11H2,1-2H3/b15-12-. The number of hydrogen-bond donors (Lipinski definition) is 0. The summed E-state index contributed by atoms with van der Waals surface area (Å²) in [5.41, 5.74) is 0. The van der Waals surface area contributed by atoms with Gasteiger partial charge in [0.1, 0.15) is 0 Å². The van der Waals surface area contributed by atoms with Gasteiger partial charge in [-0.2, -0.15) is 0 Å². The van der Waals surface area contributed by atoms with Crippen LogP contribution in [0.5, 0.6) is 0 Å². The molecule has 0 aliphatic heterocycles. The van der Waals surface area contributed by atoms with Gasteiger partial charge in [-0.25, -0.2) is 0 Å². The van der Waals surface area contributed by atoms with Crippen LogP contribution in [0.15, 0.2) is 40.9 Å². The summed E-state index contributed by atoms with van der Waals surface area (Å²) in [6.45, 7) is 3.84. The Morgan fingerprint density at radius 2 is 1.94 bits per heavy atom. The maximum atomic E-state index is 11.2. The van der Waals surface area contributed by atoms with E-state index in [0.29, 0.717) is 15.0 Å². The van der Waals surface area contributed by atoms with Gasteiger partial charge in [0, 0.05) is 0 Å². The predicted octanol–water partition coefficient (Wildman–Crippen LogP) is 3.07. The first-order valence-electron chi connectivity index (χ1n) is 6.16. The molecule has 0 aromatic heterocycles. The Hall–Kier alpha value is -0.851. The quantitative estimate of drug-likeness (QED) is 0.429. The summed E-state index contributed by atoms with van der Waals surface area (Å²) >= 11 is 0.306. The molecule has 1 aromatic rings. The van der Waals surface area contributed by atoms with Crippen molar-refractivity contribution in [3.05, 3.63) is 40.9 Å². The zero-order valence-electron chi connectivity index (χ0n) is 10.6. The van der Waals surface area contributed by atoms with Crippen molar-refractivity contribution in [2.75, 3.05) is 0 Å². The van der Waals surface area contributed by atoms with Gasteiger partial charge in [0.25, 0.3) is 0 Å². The fraction of sp³-hybridized carbons (Fsp3) is 0.400. The van der Waals surface area contributed by atoms with Gasteiger partial charge < -0.3 is 0 Å². The van der Waals surface area contributed by atoms with Crippen molar-refractivity contribution in [3.63, 3.8) is 0 Å². The number of hydrogen-bond acceptors (Lipinski definition) is 1. The van der Waals surface area contributed by atoms with Crippen LogP contribution in [0, 0.1) is 0 Å². The molecule has 0 bridgehead atoms. The Morgan fingerprint density at radius 1 is 1.24 bits per heavy atom. The number of benzene rings is 1. The topological polar surface area (TPSA) is 17.1 Å². The van der Waals surface area contributed by atoms with Crippen LogP contribution in [0.2, 0.25) is 0 Å². The third-order valence-electron chi connectivity index (χ3n) is 2.38. The van der Waals surface area contributed by atoms with Crippen LogP contribution in [0.25, 0.3) is 0 Å². The molecule has 0 saturated heterocycles. The van der Waals surface area contributed by atoms with Crippen LogP contribution in [0.1, 0.15) is 39.5 Å². The Morgan fingerprint density at radius 3 is 2.53 bits per heavy atom. The summed E-state index contributed by atoms with van der Waals surface area (Å²) in [6.07, 6.45) is 6.58. The zero-order valence-corrected chi connectivity index (χ0v) is 12.3. The monoisotopic (exact) mass is 296 g/mol. The van der Waals surface area contributed by atoms with E-state index in [-0.39, 0.29) is 5.78 Å². The maximum absolute atomic E-state index is 11.2. The van der Waals surface area contributed by atoms with Crippen molar-refractivity contribution in [3.8, 4) is 0 Å². The van der Waals surface area contributed by atoms with E-state index in [1.165, 1.54) is 28.2 Å². The van der Waals surface area contributed by atoms with Crippen LogP contribution in [-0.4, -0.2) is 20.7 Å². The minimum absolute atomic E-state index is 0.175. The molecule has 0 heterocycles. The third kappa shape index (κ3) is 6.45. The second-order valence-electron chi connectivity index (χ2n) is 4.09. The Labute approximate surface area is 110 Å². The van der Waals surface area contributed by atoms with Gasteiger partial charge in [0.2, 0.25) is 0 Å². The van der Waals surface area contributed by atoms with Crippen molar-refractivity contribution in [2.45, 2.75) is 39.5 Å². The van der Waals surface area contributed by atoms with Crippen LogP contribution in [0.4, 0.5) is 0 Å². The van der Waals surface area contributed by atoms with Crippen LogP contribution < -0.4 is 4.46 Å². The van der Waals surface area contributed by atoms with Gasteiger partial charge in [-0.15, -0.1) is 0 Å². The van der Waals surface area contributed by atoms with Crippen molar-refractivity contribution in [1.82, 2.24) is 0 Å². The van der Waals surface area contributed by atoms with E-state index in [1.54, 1.807) is 6.92 Å². The Bertz CT molecular complexity index is 368. The summed E-state index contributed by atoms with van der Waals surface area (Å²) in [5, 5.41) is 0. The molecule has 1 rings (SSSR count). The zero-order chi connectivity index (χ0) is 12.5. The molecule has 1 aromatic carbocycles. The van der Waals surface area contributed by atoms with Gasteiger partial charge in [0.05, 0.1) is 0 Å². The van der Waals surface area contributed by atoms with E-state index in [9.17, 15) is 4.79 Å². The number of unbranched alkanes of at least 4 members (excludes halogenated alkanes) is 2. The molecule has 0 aliphatic carbocycles. The second kappa shape index (κ2) is 8.27. The third-order valence-corrected chi connectivity index (χ3v) is 4.67. The van der Waals surface area contributed by atoms with E-state index in [1.807, 2.05) is 12.1 Å². The molecule has 92 valence electrons. The molecule has 2 heteroatoms. The Kier molecular flexibility index (Phi) is 6.91. The van der Waals surface area contributed by atoms with E-state index in [4.69, 9.17) is 0 Å². The number of ketones is 1. The molecule has 0 amide bonds. The molecule has 0 radical (unpaired) electrons. The van der Waals surface area contributed by atoms with Crippen molar-refractivity contribution >= 4 is 25.2 Å². The number of rotatable bonds is 7. The fourth-order valence-electron chi connectivity index (χ4n) is 1.57. The van der Waals surface area contributed by atoms with Gasteiger partial charge in [-0.1, -0.05) is 0 Å². The van der Waals surface area contributed by atoms with Gasteiger partial charge in [0.15, 0.2) is 0 Å². The summed E-state index contributed by atoms with van der Waals surface area (Å²) in [4.78, 5) is 11.2. The van der Waals surface area contributed by atoms with Gasteiger partial charge in [-0.05, 0) is 0 Å². The molecule has 0 N–H and O–H groups in total. The average molecular weight is 295 g/mol. The molecular formula is C15H20OSe. The number of carbonyl (C=O) groups excluding carboxylic acids is 1. The van der Waals surface area contributed by atoms with E-state index in [2.05, 4.69) is 31.2 Å². The molecule has 0 aliphatic rings. The molecule has 0 spiro atoms. The van der Waals surface area contributed by atoms with E-state index in [0.717, 1.165) is 6.42 Å². The average Bonchev–Trinajstić information content (AvgIpc) is 2.30. The normalized spacial score (nSPS) is 11.5. The van der Waals surface area contributed by atoms with Crippen LogP contribution >= 0.6 is 0 Å². The second-order valence-corrected chi connectivity index (χ2v) is 6.61. The molecule has 0 saturated carbocycles. The summed E-state index contributed by atoms with van der Waals surface area (Å²) in [7, 11) is 0. The molecule has 0 fully saturated rings. The SMILES string of the molecule is CCCCC/C(=C/C(C)=O)[Se]c1ccccc1. The van der Waals surface area contributed by atoms with Crippen molar-refractivity contribution in [2.24, 2.45) is 0 Å². The predicted molar refractivity (Wildman–Crippen MR) is 74.7 cm³/mol. The minimum atomic E-state index is 0.175. The molecular weight excluding hydrogens is 275 g/mol. The summed E-state index contributed by atoms with van der Waals surface area (Å²) in [6, 6.07) is 10.5. The summed E-state index contributed by atoms with van der Waals surface area (Å²) < 4.78 is 2.67. The van der Waals surface area contributed by atoms with Crippen LogP contribution in [-0.2, 0) is 4.79 Å². The van der Waals surface area contributed by atoms with Gasteiger partial charge >= 0.3 is 110 Å². The first-order valence-corrected chi connectivity index (χ1v) is 7.87. The summed E-state index contributed by atoms with van der Waals surface area (Å²) in [5.74, 6) is 0.175.